The van der Waals surface area contributed by atoms with Gasteiger partial charge in [-0.1, -0.05) is 13.8 Å². The van der Waals surface area contributed by atoms with Gasteiger partial charge in [-0.25, -0.2) is 0 Å². The first kappa shape index (κ1) is 9.22. The molecule has 1 unspecified atom stereocenters. The van der Waals surface area contributed by atoms with Crippen molar-refractivity contribution in [3.8, 4) is 0 Å². The molecular formula is C11H17NS. The van der Waals surface area contributed by atoms with Crippen molar-refractivity contribution in [2.45, 2.75) is 32.7 Å². The van der Waals surface area contributed by atoms with E-state index in [1.54, 1.807) is 4.88 Å². The molecule has 2 heterocycles. The second kappa shape index (κ2) is 3.10. The van der Waals surface area contributed by atoms with Crippen molar-refractivity contribution < 1.29 is 0 Å². The Bertz CT molecular complexity index is 303. The van der Waals surface area contributed by atoms with Crippen LogP contribution in [0.2, 0.25) is 0 Å². The van der Waals surface area contributed by atoms with E-state index in [4.69, 9.17) is 0 Å². The first-order chi connectivity index (χ1) is 6.14. The van der Waals surface area contributed by atoms with Crippen molar-refractivity contribution in [1.29, 1.82) is 0 Å². The summed E-state index contributed by atoms with van der Waals surface area (Å²) in [7, 11) is 0. The van der Waals surface area contributed by atoms with E-state index in [0.29, 0.717) is 5.92 Å². The fourth-order valence-corrected chi connectivity index (χ4v) is 3.04. The maximum absolute atomic E-state index is 3.64. The third-order valence-corrected chi connectivity index (χ3v) is 4.28. The summed E-state index contributed by atoms with van der Waals surface area (Å²) in [6.45, 7) is 8.03. The zero-order valence-electron chi connectivity index (χ0n) is 8.55. The average Bonchev–Trinajstić information content (AvgIpc) is 2.53. The fraction of sp³-hybridized carbons (Fsp3) is 0.636. The van der Waals surface area contributed by atoms with Crippen LogP contribution in [0.15, 0.2) is 11.4 Å². The van der Waals surface area contributed by atoms with E-state index in [9.17, 15) is 0 Å². The number of hydrogen-bond donors (Lipinski definition) is 1. The minimum atomic E-state index is 0.202. The van der Waals surface area contributed by atoms with Crippen LogP contribution >= 0.6 is 11.3 Å². The van der Waals surface area contributed by atoms with Gasteiger partial charge in [0.05, 0.1) is 0 Å². The maximum atomic E-state index is 3.64. The molecule has 1 aromatic heterocycles. The SMILES string of the molecule is CC(C)C1(C)NCCc2sccc21. The first-order valence-electron chi connectivity index (χ1n) is 4.96. The van der Waals surface area contributed by atoms with Crippen molar-refractivity contribution >= 4 is 11.3 Å². The van der Waals surface area contributed by atoms with Crippen LogP contribution in [0, 0.1) is 5.92 Å². The van der Waals surface area contributed by atoms with E-state index in [0.717, 1.165) is 6.54 Å². The fourth-order valence-electron chi connectivity index (χ4n) is 2.04. The molecule has 0 bridgehead atoms. The van der Waals surface area contributed by atoms with E-state index in [1.807, 2.05) is 11.3 Å². The van der Waals surface area contributed by atoms with Crippen molar-refractivity contribution in [2.75, 3.05) is 6.54 Å². The van der Waals surface area contributed by atoms with Gasteiger partial charge in [0, 0.05) is 17.0 Å². The predicted octanol–water partition coefficient (Wildman–Crippen LogP) is 2.77. The smallest absolute Gasteiger partial charge is 0.0440 e. The number of thiophene rings is 1. The summed E-state index contributed by atoms with van der Waals surface area (Å²) >= 11 is 1.91. The van der Waals surface area contributed by atoms with Crippen molar-refractivity contribution in [1.82, 2.24) is 5.32 Å². The second-order valence-corrected chi connectivity index (χ2v) is 5.29. The van der Waals surface area contributed by atoms with E-state index in [1.165, 1.54) is 12.0 Å². The summed E-state index contributed by atoms with van der Waals surface area (Å²) in [5.41, 5.74) is 1.73. The van der Waals surface area contributed by atoms with E-state index >= 15 is 0 Å². The van der Waals surface area contributed by atoms with Gasteiger partial charge in [-0.15, -0.1) is 11.3 Å². The maximum Gasteiger partial charge on any atom is 0.0440 e. The van der Waals surface area contributed by atoms with Crippen LogP contribution in [-0.2, 0) is 12.0 Å². The third kappa shape index (κ3) is 1.32. The molecule has 1 aliphatic rings. The van der Waals surface area contributed by atoms with Gasteiger partial charge in [0.1, 0.15) is 0 Å². The minimum absolute atomic E-state index is 0.202. The molecule has 0 saturated heterocycles. The van der Waals surface area contributed by atoms with Crippen LogP contribution < -0.4 is 5.32 Å². The highest BCUT2D eigenvalue weighted by molar-refractivity contribution is 7.10. The Hall–Kier alpha value is -0.340. The summed E-state index contributed by atoms with van der Waals surface area (Å²) < 4.78 is 0. The van der Waals surface area contributed by atoms with Crippen LogP contribution in [0.5, 0.6) is 0 Å². The van der Waals surface area contributed by atoms with Gasteiger partial charge in [-0.3, -0.25) is 0 Å². The molecule has 0 radical (unpaired) electrons. The van der Waals surface area contributed by atoms with Gasteiger partial charge < -0.3 is 5.32 Å². The van der Waals surface area contributed by atoms with Crippen LogP contribution in [0.25, 0.3) is 0 Å². The summed E-state index contributed by atoms with van der Waals surface area (Å²) in [6, 6.07) is 2.28. The Morgan fingerprint density at radius 3 is 3.00 bits per heavy atom. The molecule has 0 saturated carbocycles. The van der Waals surface area contributed by atoms with Crippen LogP contribution in [0.4, 0.5) is 0 Å². The standard InChI is InChI=1S/C11H17NS/c1-8(2)11(3)9-5-7-13-10(9)4-6-12-11/h5,7-8,12H,4,6H2,1-3H3. The molecular weight excluding hydrogens is 178 g/mol. The summed E-state index contributed by atoms with van der Waals surface area (Å²) in [5, 5.41) is 5.86. The molecule has 0 aromatic carbocycles. The zero-order valence-corrected chi connectivity index (χ0v) is 9.37. The number of fused-ring (bicyclic) bond motifs is 1. The Morgan fingerprint density at radius 2 is 2.31 bits per heavy atom. The molecule has 0 aliphatic carbocycles. The number of nitrogens with one attached hydrogen (secondary N) is 1. The molecule has 13 heavy (non-hydrogen) atoms. The number of rotatable bonds is 1. The zero-order chi connectivity index (χ0) is 9.47. The molecule has 1 N–H and O–H groups in total. The minimum Gasteiger partial charge on any atom is -0.307 e. The average molecular weight is 195 g/mol. The molecule has 0 spiro atoms. The normalized spacial score (nSPS) is 27.7. The van der Waals surface area contributed by atoms with Gasteiger partial charge in [-0.05, 0) is 36.3 Å². The van der Waals surface area contributed by atoms with Crippen LogP contribution in [-0.4, -0.2) is 6.54 Å². The Labute approximate surface area is 84.2 Å². The molecule has 1 aliphatic heterocycles. The largest absolute Gasteiger partial charge is 0.307 e. The van der Waals surface area contributed by atoms with Crippen LogP contribution in [0.3, 0.4) is 0 Å². The monoisotopic (exact) mass is 195 g/mol. The first-order valence-corrected chi connectivity index (χ1v) is 5.84. The Balaban J connectivity index is 2.45. The van der Waals surface area contributed by atoms with Crippen molar-refractivity contribution in [2.24, 2.45) is 5.92 Å². The van der Waals surface area contributed by atoms with Gasteiger partial charge in [-0.2, -0.15) is 0 Å². The van der Waals surface area contributed by atoms with Crippen molar-refractivity contribution in [3.63, 3.8) is 0 Å². The topological polar surface area (TPSA) is 12.0 Å². The molecule has 1 aromatic rings. The Kier molecular flexibility index (Phi) is 2.20. The molecule has 2 heteroatoms. The molecule has 0 fully saturated rings. The van der Waals surface area contributed by atoms with Crippen LogP contribution in [0.1, 0.15) is 31.2 Å². The predicted molar refractivity (Wildman–Crippen MR) is 58.2 cm³/mol. The lowest BCUT2D eigenvalue weighted by molar-refractivity contribution is 0.255. The van der Waals surface area contributed by atoms with Gasteiger partial charge >= 0.3 is 0 Å². The van der Waals surface area contributed by atoms with Gasteiger partial charge in [0.2, 0.25) is 0 Å². The lowest BCUT2D eigenvalue weighted by atomic mass is 9.79. The van der Waals surface area contributed by atoms with E-state index < -0.39 is 0 Å². The molecule has 2 rings (SSSR count). The molecule has 0 amide bonds. The lowest BCUT2D eigenvalue weighted by Crippen LogP contribution is -2.48. The van der Waals surface area contributed by atoms with Crippen molar-refractivity contribution in [3.05, 3.63) is 21.9 Å². The number of hydrogen-bond acceptors (Lipinski definition) is 2. The summed E-state index contributed by atoms with van der Waals surface area (Å²) in [6.07, 6.45) is 1.20. The Morgan fingerprint density at radius 1 is 1.54 bits per heavy atom. The van der Waals surface area contributed by atoms with Gasteiger partial charge in [0.25, 0.3) is 0 Å². The highest BCUT2D eigenvalue weighted by Gasteiger charge is 2.34. The molecule has 72 valence electrons. The van der Waals surface area contributed by atoms with E-state index in [-0.39, 0.29) is 5.54 Å². The third-order valence-electron chi connectivity index (χ3n) is 3.30. The highest BCUT2D eigenvalue weighted by Crippen LogP contribution is 2.36. The van der Waals surface area contributed by atoms with E-state index in [2.05, 4.69) is 37.5 Å². The molecule has 1 atom stereocenters. The quantitative estimate of drug-likeness (QED) is 0.726. The van der Waals surface area contributed by atoms with Gasteiger partial charge in [0.15, 0.2) is 0 Å². The summed E-state index contributed by atoms with van der Waals surface area (Å²) in [5.74, 6) is 0.654. The molecule has 1 nitrogen and oxygen atoms in total. The second-order valence-electron chi connectivity index (χ2n) is 4.29. The summed E-state index contributed by atoms with van der Waals surface area (Å²) in [4.78, 5) is 1.58. The highest BCUT2D eigenvalue weighted by atomic mass is 32.1. The lowest BCUT2D eigenvalue weighted by Gasteiger charge is -2.39.